The highest BCUT2D eigenvalue weighted by molar-refractivity contribution is 6.30. The standard InChI is InChI=1S/C23H26ClN/c1-14-12-17(24)13-20-18-6-5-7-19(18)22(25-21(14)20)15-8-10-16(11-9-15)23(2,3)4/h5-6,8-13,18-19,22,25H,7H2,1-4H3/t18-,19+,22+/m0/s1. The van der Waals surface area contributed by atoms with Crippen molar-refractivity contribution in [1.82, 2.24) is 0 Å². The van der Waals surface area contributed by atoms with E-state index in [0.717, 1.165) is 11.4 Å². The summed E-state index contributed by atoms with van der Waals surface area (Å²) in [6, 6.07) is 13.8. The second kappa shape index (κ2) is 5.92. The van der Waals surface area contributed by atoms with Crippen LogP contribution in [0.25, 0.3) is 0 Å². The Kier molecular flexibility index (Phi) is 3.96. The molecule has 2 aliphatic rings. The van der Waals surface area contributed by atoms with Crippen LogP contribution >= 0.6 is 11.6 Å². The lowest BCUT2D eigenvalue weighted by molar-refractivity contribution is 0.425. The van der Waals surface area contributed by atoms with Crippen molar-refractivity contribution in [3.63, 3.8) is 0 Å². The van der Waals surface area contributed by atoms with Crippen molar-refractivity contribution in [2.24, 2.45) is 5.92 Å². The number of fused-ring (bicyclic) bond motifs is 3. The van der Waals surface area contributed by atoms with Crippen LogP contribution in [0.3, 0.4) is 0 Å². The number of nitrogens with one attached hydrogen (secondary N) is 1. The van der Waals surface area contributed by atoms with Gasteiger partial charge < -0.3 is 5.32 Å². The van der Waals surface area contributed by atoms with Crippen LogP contribution in [0.2, 0.25) is 5.02 Å². The molecule has 0 unspecified atom stereocenters. The summed E-state index contributed by atoms with van der Waals surface area (Å²) in [4.78, 5) is 0. The Morgan fingerprint density at radius 3 is 2.48 bits per heavy atom. The molecule has 2 heteroatoms. The summed E-state index contributed by atoms with van der Waals surface area (Å²) in [5.74, 6) is 1.02. The van der Waals surface area contributed by atoms with E-state index < -0.39 is 0 Å². The van der Waals surface area contributed by atoms with Gasteiger partial charge in [-0.15, -0.1) is 0 Å². The lowest BCUT2D eigenvalue weighted by Gasteiger charge is -2.38. The number of hydrogen-bond donors (Lipinski definition) is 1. The van der Waals surface area contributed by atoms with Gasteiger partial charge in [-0.3, -0.25) is 0 Å². The molecule has 25 heavy (non-hydrogen) atoms. The largest absolute Gasteiger partial charge is 0.377 e. The van der Waals surface area contributed by atoms with Gasteiger partial charge in [0.2, 0.25) is 0 Å². The molecule has 2 aromatic rings. The molecule has 0 fully saturated rings. The summed E-state index contributed by atoms with van der Waals surface area (Å²) < 4.78 is 0. The van der Waals surface area contributed by atoms with E-state index in [1.54, 1.807) is 0 Å². The van der Waals surface area contributed by atoms with Crippen LogP contribution in [-0.4, -0.2) is 0 Å². The number of anilines is 1. The van der Waals surface area contributed by atoms with Crippen molar-refractivity contribution < 1.29 is 0 Å². The molecule has 3 atom stereocenters. The van der Waals surface area contributed by atoms with Gasteiger partial charge >= 0.3 is 0 Å². The Balaban J connectivity index is 1.74. The SMILES string of the molecule is Cc1cc(Cl)cc2c1N[C@H](c1ccc(C(C)(C)C)cc1)[C@@H]1CC=C[C@H]21. The predicted octanol–water partition coefficient (Wildman–Crippen LogP) is 6.77. The zero-order valence-electron chi connectivity index (χ0n) is 15.4. The average molecular weight is 352 g/mol. The molecule has 1 heterocycles. The first-order valence-electron chi connectivity index (χ1n) is 9.18. The molecule has 0 bridgehead atoms. The van der Waals surface area contributed by atoms with Crippen LogP contribution in [-0.2, 0) is 5.41 Å². The van der Waals surface area contributed by atoms with Gasteiger partial charge in [-0.1, -0.05) is 68.8 Å². The van der Waals surface area contributed by atoms with E-state index in [-0.39, 0.29) is 5.41 Å². The number of halogens is 1. The molecule has 0 saturated carbocycles. The molecule has 0 aromatic heterocycles. The highest BCUT2D eigenvalue weighted by atomic mass is 35.5. The Morgan fingerprint density at radius 2 is 1.80 bits per heavy atom. The third-order valence-electron chi connectivity index (χ3n) is 5.77. The minimum atomic E-state index is 0.190. The first-order chi connectivity index (χ1) is 11.8. The third kappa shape index (κ3) is 2.89. The molecular weight excluding hydrogens is 326 g/mol. The molecule has 1 nitrogen and oxygen atoms in total. The van der Waals surface area contributed by atoms with E-state index in [4.69, 9.17) is 11.6 Å². The number of aryl methyl sites for hydroxylation is 1. The normalized spacial score (nSPS) is 24.6. The van der Waals surface area contributed by atoms with Gasteiger partial charge in [-0.25, -0.2) is 0 Å². The highest BCUT2D eigenvalue weighted by Crippen LogP contribution is 2.51. The number of rotatable bonds is 1. The molecule has 1 aliphatic heterocycles. The van der Waals surface area contributed by atoms with Gasteiger partial charge in [0.05, 0.1) is 6.04 Å². The topological polar surface area (TPSA) is 12.0 Å². The predicted molar refractivity (Wildman–Crippen MR) is 108 cm³/mol. The maximum absolute atomic E-state index is 6.33. The lowest BCUT2D eigenvalue weighted by atomic mass is 9.76. The Labute approximate surface area is 156 Å². The number of allylic oxidation sites excluding steroid dienone is 2. The average Bonchev–Trinajstić information content (AvgIpc) is 3.03. The van der Waals surface area contributed by atoms with Crippen LogP contribution < -0.4 is 5.32 Å². The smallest absolute Gasteiger partial charge is 0.0554 e. The minimum absolute atomic E-state index is 0.190. The molecule has 0 saturated heterocycles. The zero-order chi connectivity index (χ0) is 17.8. The van der Waals surface area contributed by atoms with Crippen LogP contribution in [0.1, 0.15) is 61.4 Å². The summed E-state index contributed by atoms with van der Waals surface area (Å²) in [7, 11) is 0. The van der Waals surface area contributed by atoms with Gasteiger partial charge in [-0.2, -0.15) is 0 Å². The van der Waals surface area contributed by atoms with E-state index in [2.05, 4.69) is 81.6 Å². The first-order valence-corrected chi connectivity index (χ1v) is 9.56. The van der Waals surface area contributed by atoms with Crippen molar-refractivity contribution in [3.05, 3.63) is 75.8 Å². The maximum Gasteiger partial charge on any atom is 0.0554 e. The Bertz CT molecular complexity index is 826. The Morgan fingerprint density at radius 1 is 1.08 bits per heavy atom. The molecule has 2 aromatic carbocycles. The van der Waals surface area contributed by atoms with E-state index in [0.29, 0.717) is 17.9 Å². The molecule has 4 rings (SSSR count). The molecule has 130 valence electrons. The van der Waals surface area contributed by atoms with E-state index in [1.165, 1.54) is 27.9 Å². The summed E-state index contributed by atoms with van der Waals surface area (Å²) in [6.45, 7) is 8.94. The quantitative estimate of drug-likeness (QED) is 0.559. The van der Waals surface area contributed by atoms with Crippen LogP contribution in [0, 0.1) is 12.8 Å². The fourth-order valence-electron chi connectivity index (χ4n) is 4.36. The van der Waals surface area contributed by atoms with Crippen molar-refractivity contribution >= 4 is 17.3 Å². The van der Waals surface area contributed by atoms with Gasteiger partial charge in [0.15, 0.2) is 0 Å². The van der Waals surface area contributed by atoms with Gasteiger partial charge in [0.25, 0.3) is 0 Å². The monoisotopic (exact) mass is 351 g/mol. The fraction of sp³-hybridized carbons (Fsp3) is 0.391. The van der Waals surface area contributed by atoms with Crippen molar-refractivity contribution in [2.45, 2.75) is 51.5 Å². The molecule has 0 radical (unpaired) electrons. The summed E-state index contributed by atoms with van der Waals surface area (Å²) in [5.41, 5.74) is 6.81. The minimum Gasteiger partial charge on any atom is -0.377 e. The van der Waals surface area contributed by atoms with Gasteiger partial charge in [0.1, 0.15) is 0 Å². The van der Waals surface area contributed by atoms with Crippen molar-refractivity contribution in [3.8, 4) is 0 Å². The fourth-order valence-corrected chi connectivity index (χ4v) is 4.64. The van der Waals surface area contributed by atoms with E-state index in [9.17, 15) is 0 Å². The second-order valence-electron chi connectivity index (χ2n) is 8.53. The van der Waals surface area contributed by atoms with Crippen molar-refractivity contribution in [1.29, 1.82) is 0 Å². The van der Waals surface area contributed by atoms with E-state index in [1.807, 2.05) is 0 Å². The number of hydrogen-bond acceptors (Lipinski definition) is 1. The van der Waals surface area contributed by atoms with E-state index >= 15 is 0 Å². The number of benzene rings is 2. The van der Waals surface area contributed by atoms with Crippen LogP contribution in [0.5, 0.6) is 0 Å². The van der Waals surface area contributed by atoms with Gasteiger partial charge in [-0.05, 0) is 59.1 Å². The summed E-state index contributed by atoms with van der Waals surface area (Å²) in [5, 5.41) is 4.68. The second-order valence-corrected chi connectivity index (χ2v) is 8.97. The zero-order valence-corrected chi connectivity index (χ0v) is 16.2. The Hall–Kier alpha value is -1.73. The van der Waals surface area contributed by atoms with Crippen LogP contribution in [0.15, 0.2) is 48.6 Å². The van der Waals surface area contributed by atoms with Crippen molar-refractivity contribution in [2.75, 3.05) is 5.32 Å². The summed E-state index contributed by atoms with van der Waals surface area (Å²) in [6.07, 6.45) is 5.82. The molecule has 1 N–H and O–H groups in total. The lowest BCUT2D eigenvalue weighted by Crippen LogP contribution is -2.29. The maximum atomic E-state index is 6.33. The van der Waals surface area contributed by atoms with Crippen LogP contribution in [0.4, 0.5) is 5.69 Å². The molecule has 0 spiro atoms. The highest BCUT2D eigenvalue weighted by Gasteiger charge is 2.38. The molecule has 1 aliphatic carbocycles. The third-order valence-corrected chi connectivity index (χ3v) is 5.98. The molecular formula is C23H26ClN. The summed E-state index contributed by atoms with van der Waals surface area (Å²) >= 11 is 6.33. The molecule has 0 amide bonds. The first kappa shape index (κ1) is 16.7. The van der Waals surface area contributed by atoms with Gasteiger partial charge in [0, 0.05) is 16.6 Å².